The van der Waals surface area contributed by atoms with Gasteiger partial charge in [0, 0.05) is 95.7 Å². The molecule has 0 amide bonds. The normalized spacial score (nSPS) is 17.7. The Balaban J connectivity index is 0.000000231. The van der Waals surface area contributed by atoms with E-state index in [-0.39, 0.29) is 24.8 Å². The Labute approximate surface area is 307 Å². The monoisotopic (exact) mass is 766 g/mol. The van der Waals surface area contributed by atoms with Crippen molar-refractivity contribution in [3.8, 4) is 11.5 Å². The molecule has 2 aliphatic rings. The van der Waals surface area contributed by atoms with E-state index in [9.17, 15) is 8.42 Å². The zero-order valence-electron chi connectivity index (χ0n) is 30.1. The number of halogens is 1. The first-order valence-electron chi connectivity index (χ1n) is 15.9. The van der Waals surface area contributed by atoms with Crippen LogP contribution in [0.1, 0.15) is 27.0 Å². The molecule has 4 aromatic heterocycles. The summed E-state index contributed by atoms with van der Waals surface area (Å²) in [4.78, 5) is 29.6. The highest BCUT2D eigenvalue weighted by Gasteiger charge is 2.23. The molecule has 0 radical (unpaired) electrons. The standard InChI is InChI=1S/C15H22N6O2S.C11H17ClN4O2S.C5H8N2.CH4/c1-11-9-23-6-5-21(11)14-7-13(19-24(3,4)22)17-15(18-14)12-8-16-10-20(12)2;1-8-7-18-5-4-16(8)10-6-9(13-11(12)14-10)15-19(2,3)17;1-5-3-6-4-7(5)2;/h7-8,10-11H,5-6,9H2,1-4H3;6,8H,4-5,7H2,1-3H3;3-4H,1-2H3;1H4/t11-;8-;;/m11../s1. The van der Waals surface area contributed by atoms with Crippen LogP contribution in [-0.2, 0) is 43.0 Å². The second kappa shape index (κ2) is 18.2. The Bertz CT molecular complexity index is 1970. The maximum atomic E-state index is 12.1. The van der Waals surface area contributed by atoms with Gasteiger partial charge in [0.25, 0.3) is 0 Å². The van der Waals surface area contributed by atoms with Gasteiger partial charge in [-0.2, -0.15) is 13.7 Å². The highest BCUT2D eigenvalue weighted by Crippen LogP contribution is 2.27. The molecule has 282 valence electrons. The minimum Gasteiger partial charge on any atom is -0.377 e. The molecule has 0 saturated carbocycles. The van der Waals surface area contributed by atoms with Crippen LogP contribution in [0.5, 0.6) is 0 Å². The first-order valence-corrected chi connectivity index (χ1v) is 20.9. The molecule has 16 nitrogen and oxygen atoms in total. The fourth-order valence-electron chi connectivity index (χ4n) is 4.90. The van der Waals surface area contributed by atoms with Crippen molar-refractivity contribution >= 4 is 54.3 Å². The van der Waals surface area contributed by atoms with Crippen LogP contribution in [0.4, 0.5) is 23.3 Å². The molecule has 6 heterocycles. The van der Waals surface area contributed by atoms with E-state index in [1.54, 1.807) is 56.0 Å². The topological polar surface area (TPSA) is 171 Å². The molecular formula is C32H51ClN12O4S2. The molecule has 2 atom stereocenters. The SMILES string of the molecule is C.C[C@@H]1COCCN1c1cc(N=S(C)(C)=O)nc(-c2cncn2C)n1.C[C@@H]1COCCN1c1cc(N=S(C)(C)=O)nc(Cl)n1.Cc1cncn1C. The van der Waals surface area contributed by atoms with E-state index in [0.717, 1.165) is 24.6 Å². The average molecular weight is 767 g/mol. The zero-order chi connectivity index (χ0) is 36.6. The summed E-state index contributed by atoms with van der Waals surface area (Å²) in [6.45, 7) is 10.2. The van der Waals surface area contributed by atoms with Gasteiger partial charge in [0.1, 0.15) is 17.3 Å². The summed E-state index contributed by atoms with van der Waals surface area (Å²) in [6.07, 6.45) is 13.3. The van der Waals surface area contributed by atoms with Crippen LogP contribution in [0.3, 0.4) is 0 Å². The van der Waals surface area contributed by atoms with Crippen molar-refractivity contribution in [2.24, 2.45) is 22.8 Å². The maximum absolute atomic E-state index is 12.1. The van der Waals surface area contributed by atoms with Gasteiger partial charge in [0.2, 0.25) is 5.28 Å². The van der Waals surface area contributed by atoms with Gasteiger partial charge >= 0.3 is 0 Å². The number of morpholine rings is 2. The number of nitrogens with zero attached hydrogens (tertiary/aromatic N) is 12. The summed E-state index contributed by atoms with van der Waals surface area (Å²) >= 11 is 5.91. The number of aryl methyl sites for hydroxylation is 3. The van der Waals surface area contributed by atoms with Crippen molar-refractivity contribution in [2.45, 2.75) is 40.3 Å². The van der Waals surface area contributed by atoms with Crippen LogP contribution < -0.4 is 9.80 Å². The molecule has 51 heavy (non-hydrogen) atoms. The lowest BCUT2D eigenvalue weighted by atomic mass is 10.2. The highest BCUT2D eigenvalue weighted by molar-refractivity contribution is 7.92. The molecule has 19 heteroatoms. The lowest BCUT2D eigenvalue weighted by molar-refractivity contribution is 0.0985. The molecule has 2 saturated heterocycles. The first-order chi connectivity index (χ1) is 23.5. The number of rotatable bonds is 5. The Hall–Kier alpha value is -3.71. The second-order valence-electron chi connectivity index (χ2n) is 12.6. The Morgan fingerprint density at radius 1 is 0.765 bits per heavy atom. The third kappa shape index (κ3) is 12.8. The number of imidazole rings is 2. The summed E-state index contributed by atoms with van der Waals surface area (Å²) in [6, 6.07) is 3.91. The molecule has 4 aromatic rings. The van der Waals surface area contributed by atoms with Gasteiger partial charge in [-0.15, -0.1) is 0 Å². The molecule has 2 aliphatic heterocycles. The quantitative estimate of drug-likeness (QED) is 0.260. The molecule has 0 spiro atoms. The Kier molecular flexibility index (Phi) is 14.9. The van der Waals surface area contributed by atoms with Gasteiger partial charge in [0.15, 0.2) is 17.5 Å². The number of hydrogen-bond donors (Lipinski definition) is 0. The van der Waals surface area contributed by atoms with E-state index in [1.165, 1.54) is 5.69 Å². The third-order valence-electron chi connectivity index (χ3n) is 7.42. The largest absolute Gasteiger partial charge is 0.377 e. The predicted octanol–water partition coefficient (Wildman–Crippen LogP) is 4.54. The van der Waals surface area contributed by atoms with Gasteiger partial charge in [-0.25, -0.2) is 33.3 Å². The average Bonchev–Trinajstić information content (AvgIpc) is 3.62. The summed E-state index contributed by atoms with van der Waals surface area (Å²) < 4.78 is 46.8. The number of anilines is 2. The fraction of sp³-hybridized carbons (Fsp3) is 0.562. The van der Waals surface area contributed by atoms with Crippen LogP contribution in [0, 0.1) is 6.92 Å². The smallest absolute Gasteiger partial charge is 0.226 e. The highest BCUT2D eigenvalue weighted by atomic mass is 35.5. The van der Waals surface area contributed by atoms with Crippen molar-refractivity contribution in [1.82, 2.24) is 39.0 Å². The zero-order valence-corrected chi connectivity index (χ0v) is 32.4. The number of hydrogen-bond acceptors (Lipinski definition) is 14. The first kappa shape index (κ1) is 41.7. The van der Waals surface area contributed by atoms with Crippen LogP contribution in [-0.4, -0.2) is 124 Å². The Morgan fingerprint density at radius 3 is 1.67 bits per heavy atom. The molecule has 0 aromatic carbocycles. The van der Waals surface area contributed by atoms with Crippen LogP contribution >= 0.6 is 11.6 Å². The van der Waals surface area contributed by atoms with Gasteiger partial charge in [-0.1, -0.05) is 7.43 Å². The van der Waals surface area contributed by atoms with Gasteiger partial charge in [-0.05, 0) is 32.4 Å². The lowest BCUT2D eigenvalue weighted by Gasteiger charge is -2.34. The minimum atomic E-state index is -2.31. The fourth-order valence-corrected chi connectivity index (χ4v) is 6.16. The van der Waals surface area contributed by atoms with E-state index >= 15 is 0 Å². The summed E-state index contributed by atoms with van der Waals surface area (Å²) in [5.41, 5.74) is 1.98. The van der Waals surface area contributed by atoms with Crippen LogP contribution in [0.25, 0.3) is 11.5 Å². The van der Waals surface area contributed by atoms with Gasteiger partial charge in [0.05, 0.1) is 57.4 Å². The van der Waals surface area contributed by atoms with E-state index in [0.29, 0.717) is 49.7 Å². The van der Waals surface area contributed by atoms with Crippen LogP contribution in [0.2, 0.25) is 5.28 Å². The molecule has 0 unspecified atom stereocenters. The predicted molar refractivity (Wildman–Crippen MR) is 205 cm³/mol. The van der Waals surface area contributed by atoms with E-state index in [1.807, 2.05) is 36.4 Å². The van der Waals surface area contributed by atoms with E-state index in [2.05, 4.69) is 62.3 Å². The molecule has 2 fully saturated rings. The van der Waals surface area contributed by atoms with Crippen LogP contribution in [0.15, 0.2) is 45.9 Å². The van der Waals surface area contributed by atoms with Crippen molar-refractivity contribution in [3.05, 3.63) is 48.2 Å². The van der Waals surface area contributed by atoms with Crippen molar-refractivity contribution in [1.29, 1.82) is 0 Å². The molecule has 6 rings (SSSR count). The molecule has 0 aliphatic carbocycles. The van der Waals surface area contributed by atoms with Gasteiger partial charge in [-0.3, -0.25) is 0 Å². The number of ether oxygens (including phenoxy) is 2. The summed E-state index contributed by atoms with van der Waals surface area (Å²) in [5.74, 6) is 2.75. The summed E-state index contributed by atoms with van der Waals surface area (Å²) in [7, 11) is -0.728. The van der Waals surface area contributed by atoms with Crippen molar-refractivity contribution in [2.75, 3.05) is 74.3 Å². The number of aromatic nitrogens is 8. The lowest BCUT2D eigenvalue weighted by Crippen LogP contribution is -2.44. The Morgan fingerprint density at radius 2 is 1.25 bits per heavy atom. The third-order valence-corrected chi connectivity index (χ3v) is 8.85. The molecule has 0 bridgehead atoms. The van der Waals surface area contributed by atoms with Crippen molar-refractivity contribution < 1.29 is 17.9 Å². The van der Waals surface area contributed by atoms with E-state index < -0.39 is 19.5 Å². The molecular weight excluding hydrogens is 716 g/mol. The molecule has 0 N–H and O–H groups in total. The minimum absolute atomic E-state index is 0. The van der Waals surface area contributed by atoms with Crippen molar-refractivity contribution in [3.63, 3.8) is 0 Å². The van der Waals surface area contributed by atoms with Gasteiger partial charge < -0.3 is 28.4 Å². The van der Waals surface area contributed by atoms with E-state index in [4.69, 9.17) is 21.1 Å². The maximum Gasteiger partial charge on any atom is 0.226 e. The second-order valence-corrected chi connectivity index (χ2v) is 18.0. The summed E-state index contributed by atoms with van der Waals surface area (Å²) in [5, 5.41) is 0.110.